The van der Waals surface area contributed by atoms with Crippen molar-refractivity contribution < 1.29 is 0 Å². The van der Waals surface area contributed by atoms with Gasteiger partial charge in [0.15, 0.2) is 0 Å². The zero-order valence-corrected chi connectivity index (χ0v) is 29.7. The number of nitrogens with one attached hydrogen (secondary N) is 1. The Balaban J connectivity index is 1.29. The fraction of sp³-hybridized carbons (Fsp3) is 0.149. The van der Waals surface area contributed by atoms with Crippen LogP contribution in [0.25, 0.3) is 88.5 Å². The number of rotatable bonds is 5. The Hall–Kier alpha value is -6.00. The summed E-state index contributed by atoms with van der Waals surface area (Å²) in [6, 6.07) is 48.2. The van der Waals surface area contributed by atoms with Gasteiger partial charge in [-0.1, -0.05) is 106 Å². The Morgan fingerprint density at radius 2 is 1.37 bits per heavy atom. The van der Waals surface area contributed by atoms with E-state index in [2.05, 4.69) is 178 Å². The molecule has 0 radical (unpaired) electrons. The molecule has 3 heterocycles. The van der Waals surface area contributed by atoms with E-state index in [4.69, 9.17) is 9.97 Å². The van der Waals surface area contributed by atoms with E-state index in [0.717, 1.165) is 61.4 Å². The molecule has 0 unspecified atom stereocenters. The second-order valence-electron chi connectivity index (χ2n) is 15.0. The fourth-order valence-corrected chi connectivity index (χ4v) is 7.69. The van der Waals surface area contributed by atoms with Gasteiger partial charge in [-0.05, 0) is 101 Å². The first-order chi connectivity index (χ1) is 24.7. The molecule has 0 aliphatic heterocycles. The molecule has 0 saturated heterocycles. The number of aromatic amines is 1. The monoisotopic (exact) mass is 660 g/mol. The normalized spacial score (nSPS) is 12.2. The average Bonchev–Trinajstić information content (AvgIpc) is 3.73. The first-order valence-electron chi connectivity index (χ1n) is 17.9. The second kappa shape index (κ2) is 11.8. The number of para-hydroxylation sites is 2. The molecule has 0 amide bonds. The number of nitrogens with zero attached hydrogens (tertiary/aromatic N) is 3. The lowest BCUT2D eigenvalue weighted by atomic mass is 9.85. The van der Waals surface area contributed by atoms with Gasteiger partial charge in [0.2, 0.25) is 0 Å². The van der Waals surface area contributed by atoms with Gasteiger partial charge < -0.3 is 9.55 Å². The molecular weight excluding hydrogens is 621 g/mol. The maximum Gasteiger partial charge on any atom is 0.143 e. The molecule has 248 valence electrons. The molecule has 0 saturated carbocycles. The number of imidazole rings is 1. The van der Waals surface area contributed by atoms with E-state index in [0.29, 0.717) is 0 Å². The molecule has 0 spiro atoms. The van der Waals surface area contributed by atoms with Crippen LogP contribution in [0.3, 0.4) is 0 Å². The van der Waals surface area contributed by atoms with Crippen molar-refractivity contribution in [2.24, 2.45) is 0 Å². The number of pyridine rings is 1. The highest BCUT2D eigenvalue weighted by molar-refractivity contribution is 6.12. The number of aromatic nitrogens is 4. The summed E-state index contributed by atoms with van der Waals surface area (Å²) < 4.78 is 2.42. The maximum absolute atomic E-state index is 5.59. The van der Waals surface area contributed by atoms with Crippen LogP contribution in [0.2, 0.25) is 0 Å². The summed E-state index contributed by atoms with van der Waals surface area (Å²) in [5.41, 5.74) is 13.4. The Kier molecular flexibility index (Phi) is 7.18. The van der Waals surface area contributed by atoms with Crippen LogP contribution in [0.5, 0.6) is 0 Å². The van der Waals surface area contributed by atoms with E-state index in [9.17, 15) is 0 Å². The van der Waals surface area contributed by atoms with Gasteiger partial charge in [0, 0.05) is 45.2 Å². The molecule has 0 atom stereocenters. The van der Waals surface area contributed by atoms with Gasteiger partial charge in [-0.25, -0.2) is 4.98 Å². The maximum atomic E-state index is 5.59. The second-order valence-corrected chi connectivity index (χ2v) is 15.0. The van der Waals surface area contributed by atoms with E-state index >= 15 is 0 Å². The highest BCUT2D eigenvalue weighted by Gasteiger charge is 2.24. The standard InChI is InChI=1S/C47H40N4/c1-29(2)51-43-21-13-19-36(45(43)50-46(51)40-28-34(47(3,4)5)27-39-37-18-11-12-20-41(37)49-44(39)40)33-24-32-16-9-10-17-35(32)38(25-33)42-26-31(22-23-48-42)30-14-7-6-8-15-30/h6-29,49H,1-5H3. The van der Waals surface area contributed by atoms with Crippen molar-refractivity contribution in [3.8, 4) is 44.9 Å². The molecule has 0 aliphatic rings. The topological polar surface area (TPSA) is 46.5 Å². The summed E-state index contributed by atoms with van der Waals surface area (Å²) in [7, 11) is 0. The van der Waals surface area contributed by atoms with Crippen molar-refractivity contribution in [1.82, 2.24) is 19.5 Å². The number of H-pyrrole nitrogens is 1. The van der Waals surface area contributed by atoms with Gasteiger partial charge in [-0.2, -0.15) is 0 Å². The molecule has 51 heavy (non-hydrogen) atoms. The summed E-state index contributed by atoms with van der Waals surface area (Å²) in [6.07, 6.45) is 1.92. The molecule has 4 heteroatoms. The lowest BCUT2D eigenvalue weighted by molar-refractivity contribution is 0.591. The molecule has 3 aromatic heterocycles. The summed E-state index contributed by atoms with van der Waals surface area (Å²) in [4.78, 5) is 14.3. The third kappa shape index (κ3) is 5.21. The molecule has 1 N–H and O–H groups in total. The van der Waals surface area contributed by atoms with E-state index in [1.807, 2.05) is 6.20 Å². The van der Waals surface area contributed by atoms with Gasteiger partial charge in [0.05, 0.1) is 22.2 Å². The van der Waals surface area contributed by atoms with Crippen LogP contribution >= 0.6 is 0 Å². The van der Waals surface area contributed by atoms with Crippen molar-refractivity contribution in [1.29, 1.82) is 0 Å². The third-order valence-corrected chi connectivity index (χ3v) is 10.3. The summed E-state index contributed by atoms with van der Waals surface area (Å²) in [5.74, 6) is 0.980. The minimum atomic E-state index is -0.0332. The number of benzene rings is 6. The van der Waals surface area contributed by atoms with Crippen molar-refractivity contribution in [3.05, 3.63) is 145 Å². The van der Waals surface area contributed by atoms with Gasteiger partial charge >= 0.3 is 0 Å². The number of hydrogen-bond donors (Lipinski definition) is 1. The molecule has 0 bridgehead atoms. The highest BCUT2D eigenvalue weighted by Crippen LogP contribution is 2.42. The van der Waals surface area contributed by atoms with Gasteiger partial charge in [0.1, 0.15) is 5.82 Å². The van der Waals surface area contributed by atoms with E-state index in [-0.39, 0.29) is 11.5 Å². The van der Waals surface area contributed by atoms with Gasteiger partial charge in [-0.3, -0.25) is 4.98 Å². The average molecular weight is 661 g/mol. The minimum absolute atomic E-state index is 0.0332. The molecule has 4 nitrogen and oxygen atoms in total. The van der Waals surface area contributed by atoms with Gasteiger partial charge in [0.25, 0.3) is 0 Å². The predicted molar refractivity (Wildman–Crippen MR) is 215 cm³/mol. The van der Waals surface area contributed by atoms with E-state index < -0.39 is 0 Å². The molecule has 0 aliphatic carbocycles. The van der Waals surface area contributed by atoms with Crippen molar-refractivity contribution in [2.45, 2.75) is 46.1 Å². The Morgan fingerprint density at radius 3 is 2.18 bits per heavy atom. The van der Waals surface area contributed by atoms with Crippen LogP contribution in [-0.2, 0) is 5.41 Å². The van der Waals surface area contributed by atoms with Crippen LogP contribution < -0.4 is 0 Å². The summed E-state index contributed by atoms with van der Waals surface area (Å²) in [5, 5.41) is 4.83. The van der Waals surface area contributed by atoms with Crippen LogP contribution in [0.1, 0.15) is 46.2 Å². The fourth-order valence-electron chi connectivity index (χ4n) is 7.69. The summed E-state index contributed by atoms with van der Waals surface area (Å²) in [6.45, 7) is 11.4. The first-order valence-corrected chi connectivity index (χ1v) is 17.9. The minimum Gasteiger partial charge on any atom is -0.354 e. The lowest BCUT2D eigenvalue weighted by Crippen LogP contribution is -2.11. The molecule has 0 fully saturated rings. The number of hydrogen-bond acceptors (Lipinski definition) is 2. The molecule has 9 rings (SSSR count). The van der Waals surface area contributed by atoms with Gasteiger partial charge in [-0.15, -0.1) is 0 Å². The molecular formula is C47H40N4. The largest absolute Gasteiger partial charge is 0.354 e. The van der Waals surface area contributed by atoms with Crippen LogP contribution in [0.4, 0.5) is 0 Å². The summed E-state index contributed by atoms with van der Waals surface area (Å²) >= 11 is 0. The SMILES string of the molecule is CC(C)n1c(-c2cc(C(C)(C)C)cc3c2[nH]c2ccccc23)nc2c(-c3cc(-c4cc(-c5ccccc5)ccn4)c4ccccc4c3)cccc21. The Morgan fingerprint density at radius 1 is 0.608 bits per heavy atom. The quantitative estimate of drug-likeness (QED) is 0.200. The van der Waals surface area contributed by atoms with Crippen molar-refractivity contribution in [3.63, 3.8) is 0 Å². The smallest absolute Gasteiger partial charge is 0.143 e. The lowest BCUT2D eigenvalue weighted by Gasteiger charge is -2.21. The molecule has 9 aromatic rings. The zero-order chi connectivity index (χ0) is 34.9. The third-order valence-electron chi connectivity index (χ3n) is 10.3. The first kappa shape index (κ1) is 31.0. The highest BCUT2D eigenvalue weighted by atomic mass is 15.1. The van der Waals surface area contributed by atoms with Crippen molar-refractivity contribution in [2.75, 3.05) is 0 Å². The van der Waals surface area contributed by atoms with Crippen molar-refractivity contribution >= 4 is 43.6 Å². The number of fused-ring (bicyclic) bond motifs is 5. The Labute approximate surface area is 298 Å². The van der Waals surface area contributed by atoms with Crippen LogP contribution in [-0.4, -0.2) is 19.5 Å². The zero-order valence-electron chi connectivity index (χ0n) is 29.7. The van der Waals surface area contributed by atoms with E-state index in [1.54, 1.807) is 0 Å². The predicted octanol–water partition coefficient (Wildman–Crippen LogP) is 12.8. The molecule has 6 aromatic carbocycles. The van der Waals surface area contributed by atoms with Crippen LogP contribution in [0, 0.1) is 0 Å². The Bertz CT molecular complexity index is 2760. The van der Waals surface area contributed by atoms with Crippen LogP contribution in [0.15, 0.2) is 140 Å². The van der Waals surface area contributed by atoms with E-state index in [1.165, 1.54) is 32.7 Å².